The molecule has 0 bridgehead atoms. The van der Waals surface area contributed by atoms with Gasteiger partial charge in [-0.25, -0.2) is 0 Å². The van der Waals surface area contributed by atoms with Gasteiger partial charge in [-0.1, -0.05) is 69.0 Å². The topological polar surface area (TPSA) is 66.8 Å². The van der Waals surface area contributed by atoms with Crippen LogP contribution in [0, 0.1) is 0 Å². The predicted octanol–water partition coefficient (Wildman–Crippen LogP) is 4.80. The second kappa shape index (κ2) is 10.8. The molecule has 1 aliphatic rings. The number of ether oxygens (including phenoxy) is 1. The van der Waals surface area contributed by atoms with Crippen molar-refractivity contribution in [1.82, 2.24) is 4.90 Å². The van der Waals surface area contributed by atoms with Crippen LogP contribution in [-0.2, 0) is 15.0 Å². The normalized spacial score (nSPS) is 15.2. The number of carbonyl (C=O) groups is 2. The molecule has 5 nitrogen and oxygen atoms in total. The maximum atomic E-state index is 12.5. The molecule has 8 heteroatoms. The summed E-state index contributed by atoms with van der Waals surface area (Å²) in [7, 11) is 0. The van der Waals surface area contributed by atoms with Crippen molar-refractivity contribution in [2.45, 2.75) is 32.6 Å². The number of thioether (sulfide) groups is 1. The average molecular weight is 466 g/mol. The minimum atomic E-state index is -0.961. The van der Waals surface area contributed by atoms with Crippen LogP contribution in [0.2, 0.25) is 0 Å². The van der Waals surface area contributed by atoms with Crippen molar-refractivity contribution in [1.29, 1.82) is 0 Å². The van der Waals surface area contributed by atoms with Gasteiger partial charge in [-0.15, -0.1) is 0 Å². The quantitative estimate of drug-likeness (QED) is 0.375. The first-order chi connectivity index (χ1) is 14.1. The third kappa shape index (κ3) is 6.92. The first-order valence-electron chi connectivity index (χ1n) is 9.49. The molecule has 1 saturated heterocycles. The molecule has 1 fully saturated rings. The van der Waals surface area contributed by atoms with Crippen molar-refractivity contribution in [2.75, 3.05) is 6.54 Å². The molecule has 31 heavy (non-hydrogen) atoms. The van der Waals surface area contributed by atoms with Crippen LogP contribution in [0.4, 0.5) is 0 Å². The number of carboxylic acids is 1. The molecule has 0 aromatic heterocycles. The van der Waals surface area contributed by atoms with Crippen molar-refractivity contribution in [2.24, 2.45) is 0 Å². The molecule has 0 aliphatic carbocycles. The van der Waals surface area contributed by atoms with Gasteiger partial charge in [0.1, 0.15) is 15.8 Å². The average Bonchev–Trinajstić information content (AvgIpc) is 2.94. The van der Waals surface area contributed by atoms with E-state index >= 15 is 0 Å². The van der Waals surface area contributed by atoms with Gasteiger partial charge in [0.15, 0.2) is 0 Å². The Bertz CT molecular complexity index is 996. The summed E-state index contributed by atoms with van der Waals surface area (Å²) < 4.78 is 6.28. The van der Waals surface area contributed by atoms with Crippen LogP contribution >= 0.6 is 24.0 Å². The molecule has 1 amide bonds. The second-order valence-corrected chi connectivity index (χ2v) is 9.60. The summed E-state index contributed by atoms with van der Waals surface area (Å²) >= 11 is 6.39. The standard InChI is InChI=1S/C23H23NO4S2.Na.H/c1-23(2,3)16-6-10-18(11-7-16)28-17-8-4-15(5-9-17)14-19-21(27)24(22(29)30-19)13-12-20(25)26;;/h4-11,14H,12-13H2,1-3H3,(H,25,26);;. The monoisotopic (exact) mass is 465 g/mol. The van der Waals surface area contributed by atoms with E-state index in [2.05, 4.69) is 32.9 Å². The van der Waals surface area contributed by atoms with Crippen molar-refractivity contribution in [3.8, 4) is 11.5 Å². The summed E-state index contributed by atoms with van der Waals surface area (Å²) in [6, 6.07) is 15.5. The summed E-state index contributed by atoms with van der Waals surface area (Å²) in [5.41, 5.74) is 2.17. The molecule has 1 N–H and O–H groups in total. The fourth-order valence-corrected chi connectivity index (χ4v) is 4.15. The maximum absolute atomic E-state index is 12.5. The Morgan fingerprint density at radius 3 is 2.16 bits per heavy atom. The summed E-state index contributed by atoms with van der Waals surface area (Å²) in [6.45, 7) is 6.59. The van der Waals surface area contributed by atoms with Crippen LogP contribution in [-0.4, -0.2) is 62.3 Å². The number of carboxylic acid groups (broad SMARTS) is 1. The zero-order chi connectivity index (χ0) is 21.9. The van der Waals surface area contributed by atoms with Crippen LogP contribution < -0.4 is 4.74 Å². The van der Waals surface area contributed by atoms with Gasteiger partial charge in [0.25, 0.3) is 5.91 Å². The van der Waals surface area contributed by atoms with E-state index in [4.69, 9.17) is 22.1 Å². The van der Waals surface area contributed by atoms with Gasteiger partial charge in [0.05, 0.1) is 11.3 Å². The fraction of sp³-hybridized carbons (Fsp3) is 0.261. The summed E-state index contributed by atoms with van der Waals surface area (Å²) in [4.78, 5) is 25.0. The predicted molar refractivity (Wildman–Crippen MR) is 131 cm³/mol. The first-order valence-corrected chi connectivity index (χ1v) is 10.7. The van der Waals surface area contributed by atoms with Gasteiger partial charge in [0.2, 0.25) is 0 Å². The Labute approximate surface area is 214 Å². The molecule has 2 aromatic rings. The van der Waals surface area contributed by atoms with E-state index in [1.807, 2.05) is 36.4 Å². The number of hydrogen-bond acceptors (Lipinski definition) is 5. The van der Waals surface area contributed by atoms with Gasteiger partial charge >= 0.3 is 35.5 Å². The van der Waals surface area contributed by atoms with E-state index in [0.29, 0.717) is 15.0 Å². The summed E-state index contributed by atoms with van der Waals surface area (Å²) in [5, 5.41) is 8.81. The van der Waals surface area contributed by atoms with E-state index < -0.39 is 5.97 Å². The number of rotatable bonds is 6. The third-order valence-corrected chi connectivity index (χ3v) is 5.93. The zero-order valence-corrected chi connectivity index (χ0v) is 18.7. The molecule has 0 atom stereocenters. The number of nitrogens with zero attached hydrogens (tertiary/aromatic N) is 1. The Morgan fingerprint density at radius 2 is 1.65 bits per heavy atom. The van der Waals surface area contributed by atoms with E-state index in [0.717, 1.165) is 11.3 Å². The van der Waals surface area contributed by atoms with Crippen molar-refractivity contribution in [3.63, 3.8) is 0 Å². The SMILES string of the molecule is CC(C)(C)c1ccc(Oc2ccc(C=C3SC(=S)N(CCC(=O)O)C3=O)cc2)cc1.[NaH]. The van der Waals surface area contributed by atoms with E-state index in [9.17, 15) is 9.59 Å². The first kappa shape index (κ1) is 25.6. The van der Waals surface area contributed by atoms with Crippen LogP contribution in [0.5, 0.6) is 11.5 Å². The fourth-order valence-electron chi connectivity index (χ4n) is 2.84. The molecular weight excluding hydrogens is 441 g/mol. The van der Waals surface area contributed by atoms with Crippen LogP contribution in [0.15, 0.2) is 53.4 Å². The number of thiocarbonyl (C=S) groups is 1. The molecule has 2 aromatic carbocycles. The van der Waals surface area contributed by atoms with Gasteiger partial charge in [-0.3, -0.25) is 14.5 Å². The van der Waals surface area contributed by atoms with Crippen LogP contribution in [0.3, 0.4) is 0 Å². The Morgan fingerprint density at radius 1 is 1.10 bits per heavy atom. The number of carbonyl (C=O) groups excluding carboxylic acids is 1. The van der Waals surface area contributed by atoms with Gasteiger partial charge < -0.3 is 9.84 Å². The summed E-state index contributed by atoms with van der Waals surface area (Å²) in [5.74, 6) is 0.238. The van der Waals surface area contributed by atoms with Crippen molar-refractivity contribution < 1.29 is 19.4 Å². The van der Waals surface area contributed by atoms with E-state index in [-0.39, 0.29) is 53.8 Å². The van der Waals surface area contributed by atoms with Crippen molar-refractivity contribution in [3.05, 3.63) is 64.6 Å². The Hall–Kier alpha value is -1.64. The number of aliphatic carboxylic acids is 1. The van der Waals surface area contributed by atoms with Gasteiger partial charge in [-0.05, 0) is 46.9 Å². The molecular formula is C23H24NNaO4S2. The van der Waals surface area contributed by atoms with E-state index in [1.165, 1.54) is 22.2 Å². The second-order valence-electron chi connectivity index (χ2n) is 7.92. The number of benzene rings is 2. The molecule has 1 heterocycles. The minimum absolute atomic E-state index is 0. The molecule has 1 aliphatic heterocycles. The number of amides is 1. The van der Waals surface area contributed by atoms with Crippen LogP contribution in [0.1, 0.15) is 38.3 Å². The van der Waals surface area contributed by atoms with Gasteiger partial charge in [-0.2, -0.15) is 0 Å². The summed E-state index contributed by atoms with van der Waals surface area (Å²) in [6.07, 6.45) is 1.62. The molecule has 3 rings (SSSR count). The van der Waals surface area contributed by atoms with Crippen molar-refractivity contribution >= 4 is 75.8 Å². The Balaban J connectivity index is 0.00000341. The molecule has 0 unspecified atom stereocenters. The van der Waals surface area contributed by atoms with E-state index in [1.54, 1.807) is 6.08 Å². The zero-order valence-electron chi connectivity index (χ0n) is 17.0. The molecule has 0 saturated carbocycles. The molecule has 158 valence electrons. The van der Waals surface area contributed by atoms with Gasteiger partial charge in [0, 0.05) is 6.54 Å². The molecule has 0 spiro atoms. The van der Waals surface area contributed by atoms with Crippen LogP contribution in [0.25, 0.3) is 6.08 Å². The molecule has 0 radical (unpaired) electrons. The Kier molecular flexibility index (Phi) is 8.92. The number of hydrogen-bond donors (Lipinski definition) is 1. The third-order valence-electron chi connectivity index (χ3n) is 4.56.